The van der Waals surface area contributed by atoms with Crippen molar-refractivity contribution in [2.45, 2.75) is 0 Å². The van der Waals surface area contributed by atoms with Gasteiger partial charge in [-0.25, -0.2) is 13.2 Å². The lowest BCUT2D eigenvalue weighted by Crippen LogP contribution is -2.07. The summed E-state index contributed by atoms with van der Waals surface area (Å²) in [6.07, 6.45) is 0. The van der Waals surface area contributed by atoms with Crippen molar-refractivity contribution in [1.29, 1.82) is 0 Å². The fourth-order valence-electron chi connectivity index (χ4n) is 1.52. The standard InChI is InChI=1S/C13H5Br2F3O/c14-6-1-2-7(10(16)3-6)13(19)8-4-12(18)9(15)5-11(8)17/h1-5H. The van der Waals surface area contributed by atoms with E-state index in [2.05, 4.69) is 31.9 Å². The van der Waals surface area contributed by atoms with Gasteiger partial charge < -0.3 is 0 Å². The molecular formula is C13H5Br2F3O. The molecule has 2 aromatic rings. The Morgan fingerprint density at radius 2 is 1.47 bits per heavy atom. The van der Waals surface area contributed by atoms with Crippen molar-refractivity contribution in [3.8, 4) is 0 Å². The van der Waals surface area contributed by atoms with E-state index in [4.69, 9.17) is 0 Å². The van der Waals surface area contributed by atoms with Crippen LogP contribution in [0.5, 0.6) is 0 Å². The molecule has 0 saturated carbocycles. The van der Waals surface area contributed by atoms with E-state index in [1.54, 1.807) is 0 Å². The number of carbonyl (C=O) groups is 1. The van der Waals surface area contributed by atoms with E-state index in [0.29, 0.717) is 4.47 Å². The van der Waals surface area contributed by atoms with Crippen molar-refractivity contribution in [2.24, 2.45) is 0 Å². The molecule has 0 aliphatic rings. The second-order valence-electron chi connectivity index (χ2n) is 3.70. The maximum Gasteiger partial charge on any atom is 0.199 e. The van der Waals surface area contributed by atoms with Crippen LogP contribution in [-0.4, -0.2) is 5.78 Å². The normalized spacial score (nSPS) is 10.6. The number of hydrogen-bond donors (Lipinski definition) is 0. The molecule has 0 saturated heterocycles. The molecule has 0 aromatic heterocycles. The van der Waals surface area contributed by atoms with Crippen molar-refractivity contribution < 1.29 is 18.0 Å². The third-order valence-electron chi connectivity index (χ3n) is 2.43. The molecule has 0 aliphatic heterocycles. The summed E-state index contributed by atoms with van der Waals surface area (Å²) in [6, 6.07) is 5.31. The predicted molar refractivity (Wildman–Crippen MR) is 71.6 cm³/mol. The highest BCUT2D eigenvalue weighted by Gasteiger charge is 2.19. The Bertz CT molecular complexity index is 671. The van der Waals surface area contributed by atoms with Crippen LogP contribution in [0, 0.1) is 17.5 Å². The van der Waals surface area contributed by atoms with E-state index in [0.717, 1.165) is 18.2 Å². The van der Waals surface area contributed by atoms with E-state index < -0.39 is 28.8 Å². The maximum atomic E-state index is 13.6. The number of hydrogen-bond acceptors (Lipinski definition) is 1. The first kappa shape index (κ1) is 14.3. The van der Waals surface area contributed by atoms with Crippen molar-refractivity contribution in [3.63, 3.8) is 0 Å². The van der Waals surface area contributed by atoms with E-state index in [1.165, 1.54) is 12.1 Å². The molecular weight excluding hydrogens is 389 g/mol. The topological polar surface area (TPSA) is 17.1 Å². The van der Waals surface area contributed by atoms with Gasteiger partial charge in [0.2, 0.25) is 0 Å². The Morgan fingerprint density at radius 1 is 0.842 bits per heavy atom. The van der Waals surface area contributed by atoms with Crippen LogP contribution in [-0.2, 0) is 0 Å². The van der Waals surface area contributed by atoms with Gasteiger partial charge in [-0.2, -0.15) is 0 Å². The second kappa shape index (κ2) is 5.46. The molecule has 2 aromatic carbocycles. The first-order valence-corrected chi connectivity index (χ1v) is 6.63. The summed E-state index contributed by atoms with van der Waals surface area (Å²) >= 11 is 5.85. The molecule has 98 valence electrons. The zero-order chi connectivity index (χ0) is 14.2. The molecule has 0 atom stereocenters. The third kappa shape index (κ3) is 2.90. The zero-order valence-corrected chi connectivity index (χ0v) is 12.4. The van der Waals surface area contributed by atoms with Gasteiger partial charge in [0, 0.05) is 4.47 Å². The lowest BCUT2D eigenvalue weighted by atomic mass is 10.0. The summed E-state index contributed by atoms with van der Waals surface area (Å²) in [5.41, 5.74) is -0.828. The number of ketones is 1. The largest absolute Gasteiger partial charge is 0.288 e. The molecule has 0 aliphatic carbocycles. The third-order valence-corrected chi connectivity index (χ3v) is 3.53. The molecule has 0 spiro atoms. The Labute approximate surface area is 123 Å². The fourth-order valence-corrected chi connectivity index (χ4v) is 2.16. The summed E-state index contributed by atoms with van der Waals surface area (Å²) < 4.78 is 40.9. The molecule has 1 nitrogen and oxygen atoms in total. The van der Waals surface area contributed by atoms with Crippen LogP contribution in [0.2, 0.25) is 0 Å². The minimum absolute atomic E-state index is 0.0992. The molecule has 0 fully saturated rings. The van der Waals surface area contributed by atoms with Crippen molar-refractivity contribution >= 4 is 37.6 Å². The molecule has 0 amide bonds. The van der Waals surface area contributed by atoms with Gasteiger partial charge in [0.25, 0.3) is 0 Å². The van der Waals surface area contributed by atoms with Gasteiger partial charge in [-0.15, -0.1) is 0 Å². The van der Waals surface area contributed by atoms with Crippen LogP contribution in [0.25, 0.3) is 0 Å². The molecule has 19 heavy (non-hydrogen) atoms. The van der Waals surface area contributed by atoms with Crippen LogP contribution >= 0.6 is 31.9 Å². The molecule has 0 radical (unpaired) electrons. The smallest absolute Gasteiger partial charge is 0.199 e. The average Bonchev–Trinajstić information content (AvgIpc) is 2.33. The summed E-state index contributed by atoms with van der Waals surface area (Å²) in [4.78, 5) is 12.0. The Hall–Kier alpha value is -1.14. The minimum Gasteiger partial charge on any atom is -0.288 e. The number of benzene rings is 2. The highest BCUT2D eigenvalue weighted by Crippen LogP contribution is 2.24. The lowest BCUT2D eigenvalue weighted by molar-refractivity contribution is 0.103. The van der Waals surface area contributed by atoms with E-state index >= 15 is 0 Å². The molecule has 0 unspecified atom stereocenters. The van der Waals surface area contributed by atoms with Crippen LogP contribution in [0.1, 0.15) is 15.9 Å². The summed E-state index contributed by atoms with van der Waals surface area (Å²) in [5.74, 6) is -3.42. The number of carbonyl (C=O) groups excluding carboxylic acids is 1. The average molecular weight is 394 g/mol. The number of halogens is 5. The summed E-state index contributed by atoms with van der Waals surface area (Å²) in [5, 5.41) is 0. The van der Waals surface area contributed by atoms with Crippen LogP contribution in [0.3, 0.4) is 0 Å². The van der Waals surface area contributed by atoms with Crippen molar-refractivity contribution in [1.82, 2.24) is 0 Å². The SMILES string of the molecule is O=C(c1ccc(Br)cc1F)c1cc(F)c(Br)cc1F. The summed E-state index contributed by atoms with van der Waals surface area (Å²) in [6.45, 7) is 0. The van der Waals surface area contributed by atoms with Crippen LogP contribution in [0.4, 0.5) is 13.2 Å². The summed E-state index contributed by atoms with van der Waals surface area (Å²) in [7, 11) is 0. The molecule has 0 N–H and O–H groups in total. The fraction of sp³-hybridized carbons (Fsp3) is 0. The second-order valence-corrected chi connectivity index (χ2v) is 5.47. The van der Waals surface area contributed by atoms with E-state index in [9.17, 15) is 18.0 Å². The molecule has 0 heterocycles. The van der Waals surface area contributed by atoms with E-state index in [1.807, 2.05) is 0 Å². The van der Waals surface area contributed by atoms with E-state index in [-0.39, 0.29) is 10.0 Å². The highest BCUT2D eigenvalue weighted by atomic mass is 79.9. The Kier molecular flexibility index (Phi) is 4.10. The molecule has 6 heteroatoms. The van der Waals surface area contributed by atoms with Crippen LogP contribution < -0.4 is 0 Å². The monoisotopic (exact) mass is 392 g/mol. The Balaban J connectivity index is 2.53. The van der Waals surface area contributed by atoms with Gasteiger partial charge in [-0.05, 0) is 46.3 Å². The quantitative estimate of drug-likeness (QED) is 0.526. The van der Waals surface area contributed by atoms with Gasteiger partial charge in [-0.1, -0.05) is 15.9 Å². The molecule has 2 rings (SSSR count). The zero-order valence-electron chi connectivity index (χ0n) is 9.18. The van der Waals surface area contributed by atoms with Gasteiger partial charge in [0.15, 0.2) is 5.78 Å². The van der Waals surface area contributed by atoms with Gasteiger partial charge in [0.05, 0.1) is 15.6 Å². The first-order valence-electron chi connectivity index (χ1n) is 5.04. The predicted octanol–water partition coefficient (Wildman–Crippen LogP) is 4.86. The first-order chi connectivity index (χ1) is 8.90. The van der Waals surface area contributed by atoms with Crippen molar-refractivity contribution in [3.05, 3.63) is 67.9 Å². The van der Waals surface area contributed by atoms with Crippen LogP contribution in [0.15, 0.2) is 39.3 Å². The van der Waals surface area contributed by atoms with Gasteiger partial charge in [-0.3, -0.25) is 4.79 Å². The maximum absolute atomic E-state index is 13.6. The number of rotatable bonds is 2. The van der Waals surface area contributed by atoms with Gasteiger partial charge >= 0.3 is 0 Å². The van der Waals surface area contributed by atoms with Crippen molar-refractivity contribution in [2.75, 3.05) is 0 Å². The highest BCUT2D eigenvalue weighted by molar-refractivity contribution is 9.10. The van der Waals surface area contributed by atoms with Gasteiger partial charge in [0.1, 0.15) is 17.5 Å². The lowest BCUT2D eigenvalue weighted by Gasteiger charge is -2.06. The Morgan fingerprint density at radius 3 is 2.11 bits per heavy atom. The molecule has 0 bridgehead atoms. The minimum atomic E-state index is -0.916.